The molecule has 1 unspecified atom stereocenters. The summed E-state index contributed by atoms with van der Waals surface area (Å²) in [5.74, 6) is -0.592. The number of aromatic nitrogens is 2. The molecule has 3 aromatic rings. The van der Waals surface area contributed by atoms with Crippen LogP contribution >= 0.6 is 0 Å². The van der Waals surface area contributed by atoms with Crippen molar-refractivity contribution >= 4 is 5.91 Å². The molecule has 1 heterocycles. The van der Waals surface area contributed by atoms with E-state index in [9.17, 15) is 18.0 Å². The highest BCUT2D eigenvalue weighted by Crippen LogP contribution is 2.24. The maximum Gasteiger partial charge on any atom is 0.573 e. The number of nitrogens with zero attached hydrogens (tertiary/aromatic N) is 2. The van der Waals surface area contributed by atoms with Crippen molar-refractivity contribution in [2.75, 3.05) is 0 Å². The Morgan fingerprint density at radius 2 is 1.71 bits per heavy atom. The number of hydrogen-bond donors (Lipinski definition) is 1. The van der Waals surface area contributed by atoms with Crippen LogP contribution in [0, 0.1) is 6.92 Å². The summed E-state index contributed by atoms with van der Waals surface area (Å²) >= 11 is 0. The van der Waals surface area contributed by atoms with Crippen LogP contribution in [0.4, 0.5) is 13.2 Å². The number of ether oxygens (including phenoxy) is 1. The highest BCUT2D eigenvalue weighted by molar-refractivity contribution is 5.94. The van der Waals surface area contributed by atoms with Gasteiger partial charge in [-0.25, -0.2) is 4.68 Å². The highest BCUT2D eigenvalue weighted by atomic mass is 19.4. The van der Waals surface area contributed by atoms with Crippen molar-refractivity contribution in [3.8, 4) is 11.4 Å². The predicted octanol–water partition coefficient (Wildman–Crippen LogP) is 4.57. The smallest absolute Gasteiger partial charge is 0.406 e. The van der Waals surface area contributed by atoms with E-state index < -0.39 is 6.36 Å². The second kappa shape index (κ2) is 7.75. The number of carbonyl (C=O) groups is 1. The standard InChI is InChI=1S/C20H18F3N3O2/c1-13-11-12-24-26(13)17-7-3-16(4-8-17)19(27)25-14(2)15-5-9-18(10-6-15)28-20(21,22)23/h3-12,14H,1-2H3,(H,25,27). The number of amides is 1. The Labute approximate surface area is 159 Å². The first-order valence-corrected chi connectivity index (χ1v) is 8.50. The zero-order valence-electron chi connectivity index (χ0n) is 15.2. The average Bonchev–Trinajstić information content (AvgIpc) is 3.07. The Hall–Kier alpha value is -3.29. The van der Waals surface area contributed by atoms with Gasteiger partial charge in [-0.15, -0.1) is 13.2 Å². The predicted molar refractivity (Wildman–Crippen MR) is 97.3 cm³/mol. The zero-order valence-corrected chi connectivity index (χ0v) is 15.2. The van der Waals surface area contributed by atoms with Gasteiger partial charge < -0.3 is 10.1 Å². The molecule has 1 aromatic heterocycles. The third kappa shape index (κ3) is 4.70. The van der Waals surface area contributed by atoms with E-state index in [0.717, 1.165) is 11.4 Å². The van der Waals surface area contributed by atoms with Gasteiger partial charge in [0.25, 0.3) is 5.91 Å². The van der Waals surface area contributed by atoms with Gasteiger partial charge in [0.15, 0.2) is 0 Å². The van der Waals surface area contributed by atoms with Gasteiger partial charge in [-0.1, -0.05) is 12.1 Å². The number of benzene rings is 2. The van der Waals surface area contributed by atoms with E-state index >= 15 is 0 Å². The van der Waals surface area contributed by atoms with Gasteiger partial charge in [0, 0.05) is 17.5 Å². The van der Waals surface area contributed by atoms with Crippen LogP contribution in [0.3, 0.4) is 0 Å². The number of aryl methyl sites for hydroxylation is 1. The SMILES string of the molecule is Cc1ccnn1-c1ccc(C(=O)NC(C)c2ccc(OC(F)(F)F)cc2)cc1. The average molecular weight is 389 g/mol. The molecule has 0 saturated carbocycles. The molecule has 1 atom stereocenters. The first-order chi connectivity index (χ1) is 13.2. The monoisotopic (exact) mass is 389 g/mol. The van der Waals surface area contributed by atoms with Gasteiger partial charge in [0.1, 0.15) is 5.75 Å². The lowest BCUT2D eigenvalue weighted by Crippen LogP contribution is -2.26. The Morgan fingerprint density at radius 3 is 2.25 bits per heavy atom. The lowest BCUT2D eigenvalue weighted by molar-refractivity contribution is -0.274. The number of nitrogens with one attached hydrogen (secondary N) is 1. The number of hydrogen-bond acceptors (Lipinski definition) is 3. The molecule has 8 heteroatoms. The van der Waals surface area contributed by atoms with E-state index in [1.54, 1.807) is 42.1 Å². The second-order valence-corrected chi connectivity index (χ2v) is 6.24. The highest BCUT2D eigenvalue weighted by Gasteiger charge is 2.31. The quantitative estimate of drug-likeness (QED) is 0.696. The number of halogens is 3. The van der Waals surface area contributed by atoms with Crippen molar-refractivity contribution in [2.24, 2.45) is 0 Å². The van der Waals surface area contributed by atoms with Crippen LogP contribution in [0.25, 0.3) is 5.69 Å². The van der Waals surface area contributed by atoms with Crippen molar-refractivity contribution in [3.63, 3.8) is 0 Å². The molecular formula is C20H18F3N3O2. The summed E-state index contributed by atoms with van der Waals surface area (Å²) in [6.45, 7) is 3.68. The van der Waals surface area contributed by atoms with E-state index in [4.69, 9.17) is 0 Å². The lowest BCUT2D eigenvalue weighted by Gasteiger charge is -2.16. The summed E-state index contributed by atoms with van der Waals surface area (Å²) in [4.78, 5) is 12.4. The molecule has 2 aromatic carbocycles. The molecule has 0 radical (unpaired) electrons. The maximum absolute atomic E-state index is 12.4. The molecule has 28 heavy (non-hydrogen) atoms. The van der Waals surface area contributed by atoms with Crippen LogP contribution in [-0.2, 0) is 0 Å². The summed E-state index contributed by atoms with van der Waals surface area (Å²) in [5, 5.41) is 7.03. The summed E-state index contributed by atoms with van der Waals surface area (Å²) < 4.78 is 42.2. The van der Waals surface area contributed by atoms with Crippen molar-refractivity contribution in [1.82, 2.24) is 15.1 Å². The van der Waals surface area contributed by atoms with E-state index in [-0.39, 0.29) is 17.7 Å². The fourth-order valence-corrected chi connectivity index (χ4v) is 2.72. The minimum Gasteiger partial charge on any atom is -0.406 e. The number of rotatable bonds is 5. The Kier molecular flexibility index (Phi) is 5.39. The van der Waals surface area contributed by atoms with E-state index in [1.165, 1.54) is 24.3 Å². The van der Waals surface area contributed by atoms with Crippen molar-refractivity contribution in [1.29, 1.82) is 0 Å². The van der Waals surface area contributed by atoms with Crippen LogP contribution in [0.2, 0.25) is 0 Å². The summed E-state index contributed by atoms with van der Waals surface area (Å²) in [7, 11) is 0. The fourth-order valence-electron chi connectivity index (χ4n) is 2.72. The summed E-state index contributed by atoms with van der Waals surface area (Å²) in [5.41, 5.74) is 2.94. The topological polar surface area (TPSA) is 56.2 Å². The number of alkyl halides is 3. The second-order valence-electron chi connectivity index (χ2n) is 6.24. The third-order valence-electron chi connectivity index (χ3n) is 4.17. The van der Waals surface area contributed by atoms with E-state index in [0.29, 0.717) is 11.1 Å². The first-order valence-electron chi connectivity index (χ1n) is 8.50. The zero-order chi connectivity index (χ0) is 20.3. The van der Waals surface area contributed by atoms with E-state index in [1.807, 2.05) is 13.0 Å². The van der Waals surface area contributed by atoms with Crippen molar-refractivity contribution < 1.29 is 22.7 Å². The lowest BCUT2D eigenvalue weighted by atomic mass is 10.1. The van der Waals surface area contributed by atoms with Crippen LogP contribution in [-0.4, -0.2) is 22.1 Å². The maximum atomic E-state index is 12.4. The largest absolute Gasteiger partial charge is 0.573 e. The molecule has 0 spiro atoms. The molecule has 0 saturated heterocycles. The third-order valence-corrected chi connectivity index (χ3v) is 4.17. The van der Waals surface area contributed by atoms with E-state index in [2.05, 4.69) is 15.2 Å². The molecule has 0 aliphatic rings. The Morgan fingerprint density at radius 1 is 1.07 bits per heavy atom. The molecule has 1 amide bonds. The Bertz CT molecular complexity index is 948. The molecule has 1 N–H and O–H groups in total. The van der Waals surface area contributed by atoms with Crippen molar-refractivity contribution in [2.45, 2.75) is 26.3 Å². The molecule has 0 aliphatic carbocycles. The first kappa shape index (κ1) is 19.5. The summed E-state index contributed by atoms with van der Waals surface area (Å²) in [6.07, 6.45) is -3.04. The van der Waals surface area contributed by atoms with Gasteiger partial charge in [0.2, 0.25) is 0 Å². The molecular weight excluding hydrogens is 371 g/mol. The van der Waals surface area contributed by atoms with Gasteiger partial charge in [-0.3, -0.25) is 4.79 Å². The van der Waals surface area contributed by atoms with Crippen LogP contribution < -0.4 is 10.1 Å². The normalized spacial score (nSPS) is 12.5. The molecule has 0 aliphatic heterocycles. The molecule has 0 fully saturated rings. The number of carbonyl (C=O) groups excluding carboxylic acids is 1. The van der Waals surface area contributed by atoms with Crippen LogP contribution in [0.5, 0.6) is 5.75 Å². The summed E-state index contributed by atoms with van der Waals surface area (Å²) in [6, 6.07) is 13.9. The van der Waals surface area contributed by atoms with Gasteiger partial charge >= 0.3 is 6.36 Å². The Balaban J connectivity index is 1.64. The van der Waals surface area contributed by atoms with Gasteiger partial charge in [-0.2, -0.15) is 5.10 Å². The van der Waals surface area contributed by atoms with Gasteiger partial charge in [0.05, 0.1) is 11.7 Å². The molecule has 0 bridgehead atoms. The fraction of sp³-hybridized carbons (Fsp3) is 0.200. The molecule has 3 rings (SSSR count). The molecule has 146 valence electrons. The minimum absolute atomic E-state index is 0.285. The van der Waals surface area contributed by atoms with Crippen molar-refractivity contribution in [3.05, 3.63) is 77.6 Å². The van der Waals surface area contributed by atoms with Crippen LogP contribution in [0.1, 0.15) is 34.6 Å². The minimum atomic E-state index is -4.73. The molecule has 5 nitrogen and oxygen atoms in total. The van der Waals surface area contributed by atoms with Crippen LogP contribution in [0.15, 0.2) is 60.8 Å². The van der Waals surface area contributed by atoms with Gasteiger partial charge in [-0.05, 0) is 61.9 Å².